The molecule has 1 saturated heterocycles. The van der Waals surface area contributed by atoms with E-state index in [1.54, 1.807) is 30.3 Å². The molecule has 0 radical (unpaired) electrons. The second kappa shape index (κ2) is 8.19. The van der Waals surface area contributed by atoms with Crippen LogP contribution < -0.4 is 0 Å². The summed E-state index contributed by atoms with van der Waals surface area (Å²) in [6, 6.07) is 8.55. The predicted octanol–water partition coefficient (Wildman–Crippen LogP) is -1.75. The topological polar surface area (TPSA) is 166 Å². The van der Waals surface area contributed by atoms with Crippen LogP contribution >= 0.6 is 0 Å². The lowest BCUT2D eigenvalue weighted by atomic mass is 9.90. The maximum atomic E-state index is 10.8. The Morgan fingerprint density at radius 2 is 1.76 bits per heavy atom. The van der Waals surface area contributed by atoms with Gasteiger partial charge in [-0.3, -0.25) is 4.55 Å². The van der Waals surface area contributed by atoms with E-state index in [-0.39, 0.29) is 12.1 Å². The molecule has 0 spiro atoms. The fourth-order valence-corrected chi connectivity index (χ4v) is 2.65. The first-order valence-corrected chi connectivity index (χ1v) is 8.66. The van der Waals surface area contributed by atoms with E-state index in [0.29, 0.717) is 5.56 Å². The molecule has 140 valence electrons. The van der Waals surface area contributed by atoms with E-state index in [0.717, 1.165) is 0 Å². The fourth-order valence-electron chi connectivity index (χ4n) is 2.46. The Labute approximate surface area is 143 Å². The van der Waals surface area contributed by atoms with Gasteiger partial charge in [-0.15, -0.1) is 0 Å². The molecule has 0 saturated carbocycles. The minimum Gasteiger partial charge on any atom is -0.394 e. The maximum absolute atomic E-state index is 10.8. The van der Waals surface area contributed by atoms with Gasteiger partial charge in [-0.05, 0) is 5.56 Å². The van der Waals surface area contributed by atoms with Gasteiger partial charge in [0.05, 0.1) is 12.3 Å². The molecule has 0 bridgehead atoms. The van der Waals surface area contributed by atoms with Crippen LogP contribution in [-0.2, 0) is 25.8 Å². The SMILES string of the molecule is O=S(=O)(O)ON=C(Cc1ccccc1)[C@@H]1O[C@H](CO)[C@@H](O)[C@H](O)[C@H]1O. The average molecular weight is 377 g/mol. The van der Waals surface area contributed by atoms with Gasteiger partial charge in [0.2, 0.25) is 0 Å². The molecule has 10 nitrogen and oxygen atoms in total. The molecule has 1 aliphatic heterocycles. The number of oxime groups is 1. The molecule has 0 aliphatic carbocycles. The van der Waals surface area contributed by atoms with Gasteiger partial charge in [0.25, 0.3) is 0 Å². The molecule has 1 aromatic carbocycles. The minimum absolute atomic E-state index is 0.0426. The largest absolute Gasteiger partial charge is 0.466 e. The third-order valence-corrected chi connectivity index (χ3v) is 3.96. The summed E-state index contributed by atoms with van der Waals surface area (Å²) in [5, 5.41) is 42.3. The quantitative estimate of drug-likeness (QED) is 0.219. The smallest absolute Gasteiger partial charge is 0.394 e. The molecular formula is C14H19NO9S. The van der Waals surface area contributed by atoms with Crippen LogP contribution in [0.25, 0.3) is 0 Å². The second-order valence-electron chi connectivity index (χ2n) is 5.50. The van der Waals surface area contributed by atoms with Gasteiger partial charge < -0.3 is 25.2 Å². The van der Waals surface area contributed by atoms with Crippen molar-refractivity contribution in [2.45, 2.75) is 36.9 Å². The van der Waals surface area contributed by atoms with Gasteiger partial charge in [-0.25, -0.2) is 4.28 Å². The van der Waals surface area contributed by atoms with Crippen molar-refractivity contribution in [3.05, 3.63) is 35.9 Å². The number of hydrogen-bond donors (Lipinski definition) is 5. The number of aliphatic hydroxyl groups is 4. The van der Waals surface area contributed by atoms with Crippen LogP contribution in [0, 0.1) is 0 Å². The normalized spacial score (nSPS) is 30.9. The van der Waals surface area contributed by atoms with Gasteiger partial charge in [0.1, 0.15) is 30.5 Å². The number of aliphatic hydroxyl groups excluding tert-OH is 4. The first kappa shape index (κ1) is 19.7. The van der Waals surface area contributed by atoms with Gasteiger partial charge in [0.15, 0.2) is 0 Å². The fraction of sp³-hybridized carbons (Fsp3) is 0.500. The molecule has 0 amide bonds. The summed E-state index contributed by atoms with van der Waals surface area (Å²) >= 11 is 0. The van der Waals surface area contributed by atoms with Crippen LogP contribution in [0.15, 0.2) is 35.5 Å². The lowest BCUT2D eigenvalue weighted by Gasteiger charge is -2.40. The molecule has 1 aliphatic rings. The number of rotatable bonds is 6. The van der Waals surface area contributed by atoms with E-state index in [4.69, 9.17) is 9.29 Å². The van der Waals surface area contributed by atoms with Crippen LogP contribution in [0.4, 0.5) is 0 Å². The van der Waals surface area contributed by atoms with Crippen molar-refractivity contribution in [1.82, 2.24) is 0 Å². The number of benzene rings is 1. The molecule has 11 heteroatoms. The lowest BCUT2D eigenvalue weighted by Crippen LogP contribution is -2.60. The molecule has 5 N–H and O–H groups in total. The summed E-state index contributed by atoms with van der Waals surface area (Å²) in [6.07, 6.45) is -7.52. The van der Waals surface area contributed by atoms with Crippen LogP contribution in [0.1, 0.15) is 5.56 Å². The average Bonchev–Trinajstić information content (AvgIpc) is 2.57. The van der Waals surface area contributed by atoms with Crippen molar-refractivity contribution in [3.63, 3.8) is 0 Å². The Bertz CT molecular complexity index is 692. The van der Waals surface area contributed by atoms with Crippen molar-refractivity contribution in [3.8, 4) is 0 Å². The molecular weight excluding hydrogens is 358 g/mol. The monoisotopic (exact) mass is 377 g/mol. The van der Waals surface area contributed by atoms with Crippen LogP contribution in [0.5, 0.6) is 0 Å². The zero-order chi connectivity index (χ0) is 18.6. The third kappa shape index (κ3) is 5.19. The highest BCUT2D eigenvalue weighted by atomic mass is 32.3. The maximum Gasteiger partial charge on any atom is 0.466 e. The Kier molecular flexibility index (Phi) is 6.46. The molecule has 0 aromatic heterocycles. The zero-order valence-electron chi connectivity index (χ0n) is 12.9. The highest BCUT2D eigenvalue weighted by Crippen LogP contribution is 2.23. The highest BCUT2D eigenvalue weighted by molar-refractivity contribution is 7.80. The molecule has 1 aromatic rings. The molecule has 25 heavy (non-hydrogen) atoms. The van der Waals surface area contributed by atoms with Gasteiger partial charge in [-0.1, -0.05) is 35.5 Å². The molecule has 1 fully saturated rings. The van der Waals surface area contributed by atoms with Crippen LogP contribution in [-0.4, -0.2) is 76.2 Å². The third-order valence-electron chi connectivity index (χ3n) is 3.70. The Morgan fingerprint density at radius 3 is 2.32 bits per heavy atom. The van der Waals surface area contributed by atoms with E-state index in [2.05, 4.69) is 9.44 Å². The Hall–Kier alpha value is -1.60. The number of ether oxygens (including phenoxy) is 1. The first-order valence-electron chi connectivity index (χ1n) is 7.30. The first-order chi connectivity index (χ1) is 11.7. The highest BCUT2D eigenvalue weighted by Gasteiger charge is 2.45. The predicted molar refractivity (Wildman–Crippen MR) is 84.0 cm³/mol. The van der Waals surface area contributed by atoms with Crippen molar-refractivity contribution >= 4 is 16.1 Å². The standard InChI is InChI=1S/C14H19NO9S/c16-7-10-11(17)12(18)13(19)14(23-10)9(15-24-25(20,21)22)6-8-4-2-1-3-5-8/h1-5,10-14,16-19H,6-7H2,(H,20,21,22)/t10-,11-,12+,13-,14+/m1/s1. The summed E-state index contributed by atoms with van der Waals surface area (Å²) in [7, 11) is -4.90. The zero-order valence-corrected chi connectivity index (χ0v) is 13.7. The Balaban J connectivity index is 2.32. The van der Waals surface area contributed by atoms with Gasteiger partial charge >= 0.3 is 10.4 Å². The van der Waals surface area contributed by atoms with Gasteiger partial charge in [-0.2, -0.15) is 8.42 Å². The van der Waals surface area contributed by atoms with E-state index in [1.165, 1.54) is 0 Å². The van der Waals surface area contributed by atoms with E-state index >= 15 is 0 Å². The van der Waals surface area contributed by atoms with E-state index in [1.807, 2.05) is 0 Å². The van der Waals surface area contributed by atoms with Crippen molar-refractivity contribution in [1.29, 1.82) is 0 Å². The summed E-state index contributed by atoms with van der Waals surface area (Å²) in [5.41, 5.74) is 0.484. The minimum atomic E-state index is -4.90. The van der Waals surface area contributed by atoms with E-state index < -0.39 is 47.5 Å². The van der Waals surface area contributed by atoms with Crippen molar-refractivity contribution < 1.29 is 42.4 Å². The molecule has 2 rings (SSSR count). The summed E-state index contributed by atoms with van der Waals surface area (Å²) < 4.78 is 39.6. The molecule has 0 unspecified atom stereocenters. The van der Waals surface area contributed by atoms with Crippen LogP contribution in [0.2, 0.25) is 0 Å². The van der Waals surface area contributed by atoms with E-state index in [9.17, 15) is 28.8 Å². The molecule has 5 atom stereocenters. The second-order valence-corrected chi connectivity index (χ2v) is 6.50. The Morgan fingerprint density at radius 1 is 1.12 bits per heavy atom. The lowest BCUT2D eigenvalue weighted by molar-refractivity contribution is -0.212. The number of hydrogen-bond acceptors (Lipinski definition) is 9. The number of nitrogens with zero attached hydrogens (tertiary/aromatic N) is 1. The van der Waals surface area contributed by atoms with Crippen molar-refractivity contribution in [2.75, 3.05) is 6.61 Å². The summed E-state index contributed by atoms with van der Waals surface area (Å²) in [6.45, 7) is -0.654. The summed E-state index contributed by atoms with van der Waals surface area (Å²) in [5.74, 6) is 0. The van der Waals surface area contributed by atoms with Crippen molar-refractivity contribution in [2.24, 2.45) is 5.16 Å². The van der Waals surface area contributed by atoms with Gasteiger partial charge in [0, 0.05) is 6.42 Å². The molecule has 1 heterocycles. The summed E-state index contributed by atoms with van der Waals surface area (Å²) in [4.78, 5) is 0. The van der Waals surface area contributed by atoms with Crippen LogP contribution in [0.3, 0.4) is 0 Å².